The van der Waals surface area contributed by atoms with Crippen LogP contribution in [0.3, 0.4) is 0 Å². The summed E-state index contributed by atoms with van der Waals surface area (Å²) in [7, 11) is 0. The van der Waals surface area contributed by atoms with Crippen molar-refractivity contribution >= 4 is 11.8 Å². The van der Waals surface area contributed by atoms with E-state index in [1.54, 1.807) is 4.90 Å². The number of morpholine rings is 1. The number of aliphatic hydroxyl groups is 1. The summed E-state index contributed by atoms with van der Waals surface area (Å²) in [6.07, 6.45) is 5.78. The average molecular weight is 310 g/mol. The molecule has 6 nitrogen and oxygen atoms in total. The van der Waals surface area contributed by atoms with Gasteiger partial charge in [-0.2, -0.15) is 0 Å². The molecule has 2 heterocycles. The number of ether oxygens (including phenoxy) is 1. The minimum atomic E-state index is -0.280. The Morgan fingerprint density at radius 3 is 2.77 bits per heavy atom. The van der Waals surface area contributed by atoms with Gasteiger partial charge in [-0.15, -0.1) is 0 Å². The number of hydrogen-bond donors (Lipinski definition) is 1. The van der Waals surface area contributed by atoms with Crippen LogP contribution in [0, 0.1) is 5.92 Å². The van der Waals surface area contributed by atoms with Crippen molar-refractivity contribution in [3.8, 4) is 0 Å². The molecule has 2 aliphatic heterocycles. The summed E-state index contributed by atoms with van der Waals surface area (Å²) in [5.41, 5.74) is 0. The second-order valence-corrected chi connectivity index (χ2v) is 6.68. The fourth-order valence-electron chi connectivity index (χ4n) is 4.11. The highest BCUT2D eigenvalue weighted by Gasteiger charge is 2.39. The lowest BCUT2D eigenvalue weighted by Crippen LogP contribution is -2.51. The Balaban J connectivity index is 1.62. The molecule has 1 saturated carbocycles. The molecule has 0 aromatic heterocycles. The van der Waals surface area contributed by atoms with E-state index in [9.17, 15) is 14.7 Å². The Kier molecular flexibility index (Phi) is 4.98. The van der Waals surface area contributed by atoms with Crippen molar-refractivity contribution in [1.82, 2.24) is 9.80 Å². The highest BCUT2D eigenvalue weighted by Crippen LogP contribution is 2.34. The molecule has 3 rings (SSSR count). The van der Waals surface area contributed by atoms with Gasteiger partial charge in [-0.05, 0) is 25.7 Å². The van der Waals surface area contributed by atoms with Crippen LogP contribution in [0.15, 0.2) is 0 Å². The molecule has 124 valence electrons. The molecule has 0 radical (unpaired) electrons. The third-order valence-corrected chi connectivity index (χ3v) is 5.31. The Bertz CT molecular complexity index is 428. The number of aliphatic hydroxyl groups excluding tert-OH is 1. The number of nitrogens with zero attached hydrogens (tertiary/aromatic N) is 2. The first-order valence-corrected chi connectivity index (χ1v) is 8.50. The second-order valence-electron chi connectivity index (χ2n) is 6.68. The summed E-state index contributed by atoms with van der Waals surface area (Å²) in [5.74, 6) is 0.129. The molecule has 1 N–H and O–H groups in total. The van der Waals surface area contributed by atoms with Crippen molar-refractivity contribution < 1.29 is 19.4 Å². The normalized spacial score (nSPS) is 33.3. The molecule has 0 bridgehead atoms. The zero-order valence-electron chi connectivity index (χ0n) is 13.1. The predicted octanol–water partition coefficient (Wildman–Crippen LogP) is 0.387. The smallest absolute Gasteiger partial charge is 0.249 e. The Labute approximate surface area is 131 Å². The maximum Gasteiger partial charge on any atom is 0.249 e. The first kappa shape index (κ1) is 15.7. The molecular formula is C16H26N2O4. The number of likely N-dealkylation sites (tertiary alicyclic amines) is 1. The molecule has 0 unspecified atom stereocenters. The molecule has 2 saturated heterocycles. The molecule has 3 aliphatic rings. The van der Waals surface area contributed by atoms with Gasteiger partial charge in [0.05, 0.1) is 19.3 Å². The summed E-state index contributed by atoms with van der Waals surface area (Å²) in [6.45, 7) is 1.99. The number of carbonyl (C=O) groups excluding carboxylic acids is 2. The SMILES string of the molecule is O=C1COCCN1CC(=O)N1CCC[C@@H]1[C@H]1CCCC[C@@H]1O. The van der Waals surface area contributed by atoms with Crippen molar-refractivity contribution in [3.63, 3.8) is 0 Å². The molecule has 0 aromatic carbocycles. The van der Waals surface area contributed by atoms with Gasteiger partial charge in [0.15, 0.2) is 0 Å². The fraction of sp³-hybridized carbons (Fsp3) is 0.875. The average Bonchev–Trinajstić information content (AvgIpc) is 2.99. The molecule has 3 fully saturated rings. The highest BCUT2D eigenvalue weighted by molar-refractivity contribution is 5.86. The van der Waals surface area contributed by atoms with Gasteiger partial charge in [0, 0.05) is 25.0 Å². The van der Waals surface area contributed by atoms with Crippen molar-refractivity contribution in [2.24, 2.45) is 5.92 Å². The van der Waals surface area contributed by atoms with E-state index >= 15 is 0 Å². The first-order chi connectivity index (χ1) is 10.7. The summed E-state index contributed by atoms with van der Waals surface area (Å²) in [6, 6.07) is 0.152. The Morgan fingerprint density at radius 2 is 2.00 bits per heavy atom. The summed E-state index contributed by atoms with van der Waals surface area (Å²) >= 11 is 0. The first-order valence-electron chi connectivity index (χ1n) is 8.50. The second kappa shape index (κ2) is 6.96. The molecular weight excluding hydrogens is 284 g/mol. The van der Waals surface area contributed by atoms with Crippen molar-refractivity contribution in [2.75, 3.05) is 32.8 Å². The predicted molar refractivity (Wildman–Crippen MR) is 80.1 cm³/mol. The quantitative estimate of drug-likeness (QED) is 0.818. The Morgan fingerprint density at radius 1 is 1.18 bits per heavy atom. The van der Waals surface area contributed by atoms with Gasteiger partial charge in [-0.25, -0.2) is 0 Å². The van der Waals surface area contributed by atoms with Gasteiger partial charge >= 0.3 is 0 Å². The zero-order chi connectivity index (χ0) is 15.5. The summed E-state index contributed by atoms with van der Waals surface area (Å²) in [5, 5.41) is 10.3. The molecule has 22 heavy (non-hydrogen) atoms. The van der Waals surface area contributed by atoms with Crippen LogP contribution >= 0.6 is 0 Å². The van der Waals surface area contributed by atoms with Crippen LogP contribution in [0.2, 0.25) is 0 Å². The van der Waals surface area contributed by atoms with E-state index in [4.69, 9.17) is 4.74 Å². The van der Waals surface area contributed by atoms with Crippen LogP contribution in [0.1, 0.15) is 38.5 Å². The van der Waals surface area contributed by atoms with Crippen molar-refractivity contribution in [3.05, 3.63) is 0 Å². The van der Waals surface area contributed by atoms with E-state index in [0.29, 0.717) is 13.2 Å². The molecule has 3 atom stereocenters. The molecule has 2 amide bonds. The van der Waals surface area contributed by atoms with Gasteiger partial charge in [-0.3, -0.25) is 9.59 Å². The molecule has 0 aromatic rings. The van der Waals surface area contributed by atoms with Crippen LogP contribution in [-0.4, -0.2) is 71.7 Å². The monoisotopic (exact) mass is 310 g/mol. The maximum atomic E-state index is 12.6. The Hall–Kier alpha value is -1.14. The summed E-state index contributed by atoms with van der Waals surface area (Å²) in [4.78, 5) is 27.9. The molecule has 6 heteroatoms. The van der Waals surface area contributed by atoms with E-state index in [0.717, 1.165) is 45.1 Å². The number of hydrogen-bond acceptors (Lipinski definition) is 4. The lowest BCUT2D eigenvalue weighted by Gasteiger charge is -2.38. The molecule has 1 aliphatic carbocycles. The van der Waals surface area contributed by atoms with E-state index in [1.165, 1.54) is 0 Å². The molecule has 0 spiro atoms. The van der Waals surface area contributed by atoms with E-state index in [2.05, 4.69) is 0 Å². The van der Waals surface area contributed by atoms with Gasteiger partial charge in [0.1, 0.15) is 6.61 Å². The number of rotatable bonds is 3. The van der Waals surface area contributed by atoms with Gasteiger partial charge in [0.25, 0.3) is 0 Å². The minimum absolute atomic E-state index is 0.0236. The third-order valence-electron chi connectivity index (χ3n) is 5.31. The van der Waals surface area contributed by atoms with Crippen molar-refractivity contribution in [2.45, 2.75) is 50.7 Å². The maximum absolute atomic E-state index is 12.6. The lowest BCUT2D eigenvalue weighted by atomic mass is 9.80. The van der Waals surface area contributed by atoms with Gasteiger partial charge < -0.3 is 19.6 Å². The van der Waals surface area contributed by atoms with Crippen LogP contribution in [-0.2, 0) is 14.3 Å². The van der Waals surface area contributed by atoms with Crippen LogP contribution in [0.25, 0.3) is 0 Å². The number of carbonyl (C=O) groups is 2. The lowest BCUT2D eigenvalue weighted by molar-refractivity contribution is -0.149. The highest BCUT2D eigenvalue weighted by atomic mass is 16.5. The fourth-order valence-corrected chi connectivity index (χ4v) is 4.11. The van der Waals surface area contributed by atoms with Crippen LogP contribution in [0.5, 0.6) is 0 Å². The largest absolute Gasteiger partial charge is 0.393 e. The summed E-state index contributed by atoms with van der Waals surface area (Å²) < 4.78 is 5.10. The zero-order valence-corrected chi connectivity index (χ0v) is 13.1. The number of amides is 2. The van der Waals surface area contributed by atoms with E-state index < -0.39 is 0 Å². The minimum Gasteiger partial charge on any atom is -0.393 e. The van der Waals surface area contributed by atoms with Crippen LogP contribution in [0.4, 0.5) is 0 Å². The van der Waals surface area contributed by atoms with Crippen molar-refractivity contribution in [1.29, 1.82) is 0 Å². The van der Waals surface area contributed by atoms with Crippen LogP contribution < -0.4 is 0 Å². The van der Waals surface area contributed by atoms with Gasteiger partial charge in [0.2, 0.25) is 11.8 Å². The van der Waals surface area contributed by atoms with E-state index in [1.807, 2.05) is 4.90 Å². The van der Waals surface area contributed by atoms with Gasteiger partial charge in [-0.1, -0.05) is 12.8 Å². The third kappa shape index (κ3) is 3.27. The standard InChI is InChI=1S/C16H26N2O4/c19-14-6-2-1-4-12(14)13-5-3-7-18(13)15(20)10-17-8-9-22-11-16(17)21/h12-14,19H,1-11H2/t12-,13-,14+/m1/s1. The topological polar surface area (TPSA) is 70.1 Å². The van der Waals surface area contributed by atoms with E-state index in [-0.39, 0.29) is 43.0 Å².